The van der Waals surface area contributed by atoms with Gasteiger partial charge in [-0.15, -0.1) is 10.2 Å². The van der Waals surface area contributed by atoms with Crippen molar-refractivity contribution >= 4 is 5.91 Å². The molecule has 3 rings (SSSR count). The van der Waals surface area contributed by atoms with Crippen molar-refractivity contribution < 1.29 is 4.79 Å². The van der Waals surface area contributed by atoms with Crippen LogP contribution in [0.25, 0.3) is 0 Å². The first-order valence-corrected chi connectivity index (χ1v) is 8.08. The van der Waals surface area contributed by atoms with Crippen LogP contribution in [-0.2, 0) is 24.3 Å². The molecule has 0 fully saturated rings. The Bertz CT molecular complexity index is 681. The van der Waals surface area contributed by atoms with Crippen LogP contribution in [0.15, 0.2) is 30.6 Å². The fourth-order valence-corrected chi connectivity index (χ4v) is 2.99. The van der Waals surface area contributed by atoms with Gasteiger partial charge in [-0.25, -0.2) is 0 Å². The van der Waals surface area contributed by atoms with E-state index in [4.69, 9.17) is 0 Å². The molecule has 1 atom stereocenters. The van der Waals surface area contributed by atoms with Crippen LogP contribution < -0.4 is 5.32 Å². The molecule has 23 heavy (non-hydrogen) atoms. The first kappa shape index (κ1) is 15.7. The molecule has 0 saturated heterocycles. The molecule has 6 heteroatoms. The maximum Gasteiger partial charge on any atom is 0.237 e. The lowest BCUT2D eigenvalue weighted by molar-refractivity contribution is -0.126. The molecule has 0 bridgehead atoms. The number of amides is 1. The quantitative estimate of drug-likeness (QED) is 0.899. The minimum absolute atomic E-state index is 0.0788. The zero-order chi connectivity index (χ0) is 16.2. The van der Waals surface area contributed by atoms with Crippen LogP contribution >= 0.6 is 0 Å². The van der Waals surface area contributed by atoms with Crippen LogP contribution in [0, 0.1) is 6.92 Å². The maximum atomic E-state index is 12.4. The van der Waals surface area contributed by atoms with Gasteiger partial charge in [-0.1, -0.05) is 24.3 Å². The number of rotatable bonds is 5. The molecular formula is C17H23N5O. The summed E-state index contributed by atoms with van der Waals surface area (Å²) in [6.07, 6.45) is 2.69. The van der Waals surface area contributed by atoms with Crippen LogP contribution in [0.4, 0.5) is 0 Å². The fraction of sp³-hybridized carbons (Fsp3) is 0.471. The van der Waals surface area contributed by atoms with Crippen LogP contribution in [-0.4, -0.2) is 44.7 Å². The smallest absolute Gasteiger partial charge is 0.237 e. The zero-order valence-electron chi connectivity index (χ0n) is 13.7. The van der Waals surface area contributed by atoms with Gasteiger partial charge in [-0.2, -0.15) is 0 Å². The number of carbonyl (C=O) groups is 1. The van der Waals surface area contributed by atoms with Crippen molar-refractivity contribution in [3.05, 3.63) is 47.5 Å². The second-order valence-corrected chi connectivity index (χ2v) is 6.03. The Morgan fingerprint density at radius 3 is 2.87 bits per heavy atom. The molecule has 0 unspecified atom stereocenters. The second-order valence-electron chi connectivity index (χ2n) is 6.03. The molecule has 0 aliphatic carbocycles. The van der Waals surface area contributed by atoms with E-state index in [1.54, 1.807) is 6.33 Å². The SMILES string of the molecule is Cc1nncn1CCNC(=O)[C@H](C)N1CCc2ccccc2C1. The average Bonchev–Trinajstić information content (AvgIpc) is 2.98. The van der Waals surface area contributed by atoms with Crippen molar-refractivity contribution in [1.29, 1.82) is 0 Å². The van der Waals surface area contributed by atoms with Crippen molar-refractivity contribution in [3.8, 4) is 0 Å². The highest BCUT2D eigenvalue weighted by molar-refractivity contribution is 5.81. The molecule has 2 aromatic rings. The number of aromatic nitrogens is 3. The van der Waals surface area contributed by atoms with Crippen molar-refractivity contribution in [2.45, 2.75) is 39.4 Å². The molecule has 2 heterocycles. The Labute approximate surface area is 136 Å². The lowest BCUT2D eigenvalue weighted by Gasteiger charge is -2.32. The average molecular weight is 313 g/mol. The normalized spacial score (nSPS) is 15.9. The molecular weight excluding hydrogens is 290 g/mol. The monoisotopic (exact) mass is 313 g/mol. The Balaban J connectivity index is 1.51. The van der Waals surface area contributed by atoms with Gasteiger partial charge in [0.2, 0.25) is 5.91 Å². The van der Waals surface area contributed by atoms with Gasteiger partial charge in [0.1, 0.15) is 12.2 Å². The summed E-state index contributed by atoms with van der Waals surface area (Å²) in [5.41, 5.74) is 2.73. The summed E-state index contributed by atoms with van der Waals surface area (Å²) in [6.45, 7) is 6.94. The first-order valence-electron chi connectivity index (χ1n) is 8.08. The van der Waals surface area contributed by atoms with Gasteiger partial charge in [0.15, 0.2) is 0 Å². The van der Waals surface area contributed by atoms with Gasteiger partial charge < -0.3 is 9.88 Å². The van der Waals surface area contributed by atoms with E-state index in [-0.39, 0.29) is 11.9 Å². The van der Waals surface area contributed by atoms with Crippen LogP contribution in [0.1, 0.15) is 23.9 Å². The summed E-state index contributed by atoms with van der Waals surface area (Å²) in [4.78, 5) is 14.6. The fourth-order valence-electron chi connectivity index (χ4n) is 2.99. The molecule has 1 aliphatic rings. The van der Waals surface area contributed by atoms with Crippen molar-refractivity contribution in [3.63, 3.8) is 0 Å². The van der Waals surface area contributed by atoms with Crippen molar-refractivity contribution in [2.75, 3.05) is 13.1 Å². The first-order chi connectivity index (χ1) is 11.1. The van der Waals surface area contributed by atoms with Gasteiger partial charge in [0.25, 0.3) is 0 Å². The van der Waals surface area contributed by atoms with E-state index in [0.29, 0.717) is 13.1 Å². The van der Waals surface area contributed by atoms with E-state index in [1.165, 1.54) is 11.1 Å². The minimum atomic E-state index is -0.120. The number of benzene rings is 1. The van der Waals surface area contributed by atoms with Gasteiger partial charge in [0, 0.05) is 26.2 Å². The van der Waals surface area contributed by atoms with E-state index in [2.05, 4.69) is 44.7 Å². The highest BCUT2D eigenvalue weighted by atomic mass is 16.2. The van der Waals surface area contributed by atoms with E-state index < -0.39 is 0 Å². The van der Waals surface area contributed by atoms with E-state index in [9.17, 15) is 4.79 Å². The number of aryl methyl sites for hydroxylation is 1. The van der Waals surface area contributed by atoms with Gasteiger partial charge in [-0.05, 0) is 31.4 Å². The number of fused-ring (bicyclic) bond motifs is 1. The Morgan fingerprint density at radius 2 is 2.13 bits per heavy atom. The second kappa shape index (κ2) is 6.91. The minimum Gasteiger partial charge on any atom is -0.353 e. The van der Waals surface area contributed by atoms with Crippen LogP contribution in [0.3, 0.4) is 0 Å². The molecule has 6 nitrogen and oxygen atoms in total. The molecule has 0 saturated carbocycles. The zero-order valence-corrected chi connectivity index (χ0v) is 13.7. The Morgan fingerprint density at radius 1 is 1.35 bits per heavy atom. The topological polar surface area (TPSA) is 63.1 Å². The van der Waals surface area contributed by atoms with Gasteiger partial charge in [-0.3, -0.25) is 9.69 Å². The molecule has 0 spiro atoms. The summed E-state index contributed by atoms with van der Waals surface area (Å²) in [7, 11) is 0. The lowest BCUT2D eigenvalue weighted by Crippen LogP contribution is -2.47. The molecule has 1 amide bonds. The summed E-state index contributed by atoms with van der Waals surface area (Å²) in [5, 5.41) is 10.8. The van der Waals surface area contributed by atoms with Crippen LogP contribution in [0.5, 0.6) is 0 Å². The van der Waals surface area contributed by atoms with Gasteiger partial charge >= 0.3 is 0 Å². The molecule has 1 N–H and O–H groups in total. The molecule has 1 aromatic carbocycles. The van der Waals surface area contributed by atoms with Gasteiger partial charge in [0.05, 0.1) is 6.04 Å². The van der Waals surface area contributed by atoms with E-state index in [0.717, 1.165) is 25.3 Å². The summed E-state index contributed by atoms with van der Waals surface area (Å²) >= 11 is 0. The summed E-state index contributed by atoms with van der Waals surface area (Å²) in [6, 6.07) is 8.36. The number of nitrogens with zero attached hydrogens (tertiary/aromatic N) is 4. The standard InChI is InChI=1S/C17H23N5O/c1-13(17(23)18-8-10-22-12-19-20-14(22)2)21-9-7-15-5-3-4-6-16(15)11-21/h3-6,12-13H,7-11H2,1-2H3,(H,18,23)/t13-/m0/s1. The molecule has 1 aromatic heterocycles. The number of carbonyl (C=O) groups excluding carboxylic acids is 1. The largest absolute Gasteiger partial charge is 0.353 e. The predicted molar refractivity (Wildman–Crippen MR) is 87.8 cm³/mol. The molecule has 1 aliphatic heterocycles. The highest BCUT2D eigenvalue weighted by Crippen LogP contribution is 2.20. The Kier molecular flexibility index (Phi) is 4.71. The third-order valence-electron chi connectivity index (χ3n) is 4.55. The lowest BCUT2D eigenvalue weighted by atomic mass is 9.99. The number of hydrogen-bond donors (Lipinski definition) is 1. The number of nitrogens with one attached hydrogen (secondary N) is 1. The predicted octanol–water partition coefficient (Wildman–Crippen LogP) is 1.15. The van der Waals surface area contributed by atoms with Crippen LogP contribution in [0.2, 0.25) is 0 Å². The van der Waals surface area contributed by atoms with Crippen molar-refractivity contribution in [1.82, 2.24) is 25.0 Å². The summed E-state index contributed by atoms with van der Waals surface area (Å²) in [5.74, 6) is 0.940. The van der Waals surface area contributed by atoms with Crippen molar-refractivity contribution in [2.24, 2.45) is 0 Å². The summed E-state index contributed by atoms with van der Waals surface area (Å²) < 4.78 is 1.93. The number of hydrogen-bond acceptors (Lipinski definition) is 4. The van der Waals surface area contributed by atoms with E-state index in [1.807, 2.05) is 18.4 Å². The Hall–Kier alpha value is -2.21. The molecule has 122 valence electrons. The van der Waals surface area contributed by atoms with E-state index >= 15 is 0 Å². The third-order valence-corrected chi connectivity index (χ3v) is 4.55. The highest BCUT2D eigenvalue weighted by Gasteiger charge is 2.24. The third kappa shape index (κ3) is 3.59. The molecule has 0 radical (unpaired) electrons. The maximum absolute atomic E-state index is 12.4.